The predicted molar refractivity (Wildman–Crippen MR) is 94.3 cm³/mol. The van der Waals surface area contributed by atoms with E-state index < -0.39 is 0 Å². The highest BCUT2D eigenvalue weighted by molar-refractivity contribution is 5.75. The number of aryl methyl sites for hydroxylation is 1. The lowest BCUT2D eigenvalue weighted by molar-refractivity contribution is -0.121. The summed E-state index contributed by atoms with van der Waals surface area (Å²) in [6, 6.07) is 5.96. The minimum absolute atomic E-state index is 0.0991. The molecule has 0 fully saturated rings. The molecule has 0 radical (unpaired) electrons. The van der Waals surface area contributed by atoms with E-state index in [1.54, 1.807) is 7.11 Å². The van der Waals surface area contributed by atoms with E-state index in [1.165, 1.54) is 25.7 Å². The van der Waals surface area contributed by atoms with Crippen LogP contribution < -0.4 is 10.1 Å². The molecular formula is C19H33NO2. The number of unbranched alkanes of at least 4 members (excludes halogenated alkanes) is 3. The molecule has 1 aromatic rings. The van der Waals surface area contributed by atoms with Crippen LogP contribution in [-0.4, -0.2) is 13.0 Å². The van der Waals surface area contributed by atoms with Crippen LogP contribution in [0.15, 0.2) is 18.2 Å². The van der Waals surface area contributed by atoms with Crippen molar-refractivity contribution in [1.29, 1.82) is 0 Å². The maximum Gasteiger partial charge on any atom is 0.220 e. The van der Waals surface area contributed by atoms with E-state index in [4.69, 9.17) is 4.74 Å². The summed E-state index contributed by atoms with van der Waals surface area (Å²) in [5.41, 5.74) is 2.16. The van der Waals surface area contributed by atoms with Gasteiger partial charge in [0.15, 0.2) is 0 Å². The van der Waals surface area contributed by atoms with E-state index in [9.17, 15) is 4.79 Å². The Kier molecular flexibility index (Phi) is 12.3. The van der Waals surface area contributed by atoms with Crippen LogP contribution in [0.5, 0.6) is 5.75 Å². The first-order chi connectivity index (χ1) is 10.6. The topological polar surface area (TPSA) is 38.3 Å². The van der Waals surface area contributed by atoms with E-state index in [1.807, 2.05) is 32.0 Å². The number of hydrogen-bond donors (Lipinski definition) is 1. The van der Waals surface area contributed by atoms with Crippen molar-refractivity contribution in [2.45, 2.75) is 72.8 Å². The van der Waals surface area contributed by atoms with E-state index in [0.29, 0.717) is 13.0 Å². The van der Waals surface area contributed by atoms with Gasteiger partial charge in [-0.2, -0.15) is 0 Å². The molecule has 22 heavy (non-hydrogen) atoms. The van der Waals surface area contributed by atoms with Crippen molar-refractivity contribution >= 4 is 5.91 Å². The predicted octanol–water partition coefficient (Wildman–Crippen LogP) is 5.01. The highest BCUT2D eigenvalue weighted by Gasteiger charge is 2.02. The minimum Gasteiger partial charge on any atom is -0.496 e. The lowest BCUT2D eigenvalue weighted by atomic mass is 10.1. The molecule has 3 heteroatoms. The molecule has 0 aliphatic heterocycles. The van der Waals surface area contributed by atoms with Crippen LogP contribution in [0.2, 0.25) is 0 Å². The van der Waals surface area contributed by atoms with Crippen molar-refractivity contribution < 1.29 is 9.53 Å². The fourth-order valence-corrected chi connectivity index (χ4v) is 1.99. The van der Waals surface area contributed by atoms with Crippen molar-refractivity contribution in [3.8, 4) is 5.75 Å². The highest BCUT2D eigenvalue weighted by atomic mass is 16.5. The summed E-state index contributed by atoms with van der Waals surface area (Å²) in [6.45, 7) is 9.02. The molecule has 0 atom stereocenters. The van der Waals surface area contributed by atoms with Crippen molar-refractivity contribution in [3.63, 3.8) is 0 Å². The summed E-state index contributed by atoms with van der Waals surface area (Å²) in [4.78, 5) is 11.3. The van der Waals surface area contributed by atoms with Gasteiger partial charge >= 0.3 is 0 Å². The van der Waals surface area contributed by atoms with E-state index >= 15 is 0 Å². The fraction of sp³-hybridized carbons (Fsp3) is 0.632. The largest absolute Gasteiger partial charge is 0.496 e. The maximum atomic E-state index is 11.3. The van der Waals surface area contributed by atoms with Crippen LogP contribution in [0.4, 0.5) is 0 Å². The van der Waals surface area contributed by atoms with Crippen LogP contribution in [0.25, 0.3) is 0 Å². The van der Waals surface area contributed by atoms with Crippen LogP contribution in [-0.2, 0) is 11.3 Å². The number of ether oxygens (including phenoxy) is 1. The Labute approximate surface area is 136 Å². The third-order valence-corrected chi connectivity index (χ3v) is 3.40. The van der Waals surface area contributed by atoms with E-state index in [0.717, 1.165) is 23.3 Å². The number of benzene rings is 1. The molecule has 0 spiro atoms. The first kappa shape index (κ1) is 20.5. The number of amides is 1. The number of hydrogen-bond acceptors (Lipinski definition) is 2. The Balaban J connectivity index is 0.000000626. The Bertz CT molecular complexity index is 412. The van der Waals surface area contributed by atoms with Gasteiger partial charge in [-0.3, -0.25) is 4.79 Å². The first-order valence-electron chi connectivity index (χ1n) is 8.49. The zero-order chi connectivity index (χ0) is 16.8. The Morgan fingerprint density at radius 2 is 1.73 bits per heavy atom. The van der Waals surface area contributed by atoms with Gasteiger partial charge in [0, 0.05) is 13.0 Å². The Morgan fingerprint density at radius 3 is 2.23 bits per heavy atom. The summed E-state index contributed by atoms with van der Waals surface area (Å²) < 4.78 is 5.23. The second-order valence-electron chi connectivity index (χ2n) is 5.54. The number of methoxy groups -OCH3 is 1. The number of carbonyl (C=O) groups excluding carboxylic acids is 1. The van der Waals surface area contributed by atoms with Gasteiger partial charge in [0.25, 0.3) is 0 Å². The van der Waals surface area contributed by atoms with E-state index in [-0.39, 0.29) is 5.91 Å². The van der Waals surface area contributed by atoms with Gasteiger partial charge in [-0.05, 0) is 30.5 Å². The smallest absolute Gasteiger partial charge is 0.220 e. The van der Waals surface area contributed by atoms with Gasteiger partial charge in [0.1, 0.15) is 5.75 Å². The molecule has 0 heterocycles. The van der Waals surface area contributed by atoms with Gasteiger partial charge in [-0.15, -0.1) is 0 Å². The quantitative estimate of drug-likeness (QED) is 0.686. The second-order valence-corrected chi connectivity index (χ2v) is 5.54. The standard InChI is InChI=1S/C13H19NO2.C6H14/c1-4-5-13(15)14-9-11-7-6-10(2)12(8-11)16-3;1-3-5-6-4-2/h6-8H,4-5,9H2,1-3H3,(H,14,15);3-6H2,1-2H3. The zero-order valence-corrected chi connectivity index (χ0v) is 15.0. The molecule has 0 aliphatic rings. The third kappa shape index (κ3) is 9.43. The molecule has 126 valence electrons. The van der Waals surface area contributed by atoms with Gasteiger partial charge < -0.3 is 10.1 Å². The van der Waals surface area contributed by atoms with Crippen molar-refractivity contribution in [3.05, 3.63) is 29.3 Å². The van der Waals surface area contributed by atoms with Crippen LogP contribution in [0.1, 0.15) is 70.4 Å². The molecule has 1 aromatic carbocycles. The van der Waals surface area contributed by atoms with Gasteiger partial charge in [-0.1, -0.05) is 58.6 Å². The maximum absolute atomic E-state index is 11.3. The average Bonchev–Trinajstić information content (AvgIpc) is 2.53. The molecule has 0 unspecified atom stereocenters. The van der Waals surface area contributed by atoms with E-state index in [2.05, 4.69) is 19.2 Å². The molecule has 0 aliphatic carbocycles. The van der Waals surface area contributed by atoms with Crippen molar-refractivity contribution in [1.82, 2.24) is 5.32 Å². The molecule has 0 aromatic heterocycles. The second kappa shape index (κ2) is 13.2. The van der Waals surface area contributed by atoms with Crippen molar-refractivity contribution in [2.24, 2.45) is 0 Å². The lowest BCUT2D eigenvalue weighted by Gasteiger charge is -2.08. The summed E-state index contributed by atoms with van der Waals surface area (Å²) in [7, 11) is 1.65. The summed E-state index contributed by atoms with van der Waals surface area (Å²) >= 11 is 0. The van der Waals surface area contributed by atoms with Gasteiger partial charge in [0.05, 0.1) is 7.11 Å². The summed E-state index contributed by atoms with van der Waals surface area (Å²) in [5, 5.41) is 2.88. The van der Waals surface area contributed by atoms with Gasteiger partial charge in [0.2, 0.25) is 5.91 Å². The molecule has 0 bridgehead atoms. The fourth-order valence-electron chi connectivity index (χ4n) is 1.99. The summed E-state index contributed by atoms with van der Waals surface area (Å²) in [5.74, 6) is 0.962. The molecule has 1 rings (SSSR count). The SMILES string of the molecule is CCCC(=O)NCc1ccc(C)c(OC)c1.CCCCCC. The van der Waals surface area contributed by atoms with Gasteiger partial charge in [-0.25, -0.2) is 0 Å². The molecular weight excluding hydrogens is 274 g/mol. The zero-order valence-electron chi connectivity index (χ0n) is 15.0. The number of nitrogens with one attached hydrogen (secondary N) is 1. The van der Waals surface area contributed by atoms with Crippen LogP contribution in [0.3, 0.4) is 0 Å². The number of carbonyl (C=O) groups is 1. The Hall–Kier alpha value is -1.51. The molecule has 3 nitrogen and oxygen atoms in total. The highest BCUT2D eigenvalue weighted by Crippen LogP contribution is 2.18. The number of rotatable bonds is 8. The Morgan fingerprint density at radius 1 is 1.09 bits per heavy atom. The molecule has 0 saturated carbocycles. The normalized spacial score (nSPS) is 9.68. The summed E-state index contributed by atoms with van der Waals surface area (Å²) in [6.07, 6.45) is 7.00. The average molecular weight is 307 g/mol. The van der Waals surface area contributed by atoms with Crippen molar-refractivity contribution in [2.75, 3.05) is 7.11 Å². The molecule has 0 saturated heterocycles. The molecule has 1 N–H and O–H groups in total. The third-order valence-electron chi connectivity index (χ3n) is 3.40. The lowest BCUT2D eigenvalue weighted by Crippen LogP contribution is -2.22. The minimum atomic E-state index is 0.0991. The van der Waals surface area contributed by atoms with Crippen LogP contribution in [0, 0.1) is 6.92 Å². The molecule has 1 amide bonds. The van der Waals surface area contributed by atoms with Crippen LogP contribution >= 0.6 is 0 Å². The monoisotopic (exact) mass is 307 g/mol. The first-order valence-corrected chi connectivity index (χ1v) is 8.49.